The average molecular weight is 272 g/mol. The molecule has 114 valence electrons. The van der Waals surface area contributed by atoms with Crippen molar-refractivity contribution in [2.75, 3.05) is 0 Å². The number of hydrogen-bond donors (Lipinski definition) is 2. The van der Waals surface area contributed by atoms with Crippen LogP contribution in [0.2, 0.25) is 0 Å². The lowest BCUT2D eigenvalue weighted by molar-refractivity contribution is -0.132. The molecular formula is C16H32O3. The Bertz CT molecular complexity index is 214. The summed E-state index contributed by atoms with van der Waals surface area (Å²) in [4.78, 5) is 11.4. The van der Waals surface area contributed by atoms with Gasteiger partial charge in [-0.15, -0.1) is 0 Å². The van der Waals surface area contributed by atoms with E-state index in [4.69, 9.17) is 5.11 Å². The van der Waals surface area contributed by atoms with Crippen LogP contribution in [0.15, 0.2) is 0 Å². The van der Waals surface area contributed by atoms with Gasteiger partial charge in [-0.3, -0.25) is 4.79 Å². The Kier molecular flexibility index (Phi) is 12.3. The van der Waals surface area contributed by atoms with Crippen LogP contribution in [0.4, 0.5) is 0 Å². The highest BCUT2D eigenvalue weighted by Crippen LogP contribution is 2.12. The third-order valence-electron chi connectivity index (χ3n) is 3.56. The van der Waals surface area contributed by atoms with Crippen molar-refractivity contribution in [3.63, 3.8) is 0 Å². The molecule has 0 heterocycles. The molecule has 2 atom stereocenters. The van der Waals surface area contributed by atoms with E-state index in [9.17, 15) is 9.90 Å². The van der Waals surface area contributed by atoms with Gasteiger partial charge in [-0.25, -0.2) is 0 Å². The van der Waals surface area contributed by atoms with E-state index < -0.39 is 12.2 Å². The number of carbonyl (C=O) groups excluding carboxylic acids is 1. The fourth-order valence-corrected chi connectivity index (χ4v) is 2.20. The summed E-state index contributed by atoms with van der Waals surface area (Å²) < 4.78 is 0. The highest BCUT2D eigenvalue weighted by molar-refractivity contribution is 5.83. The Morgan fingerprint density at radius 1 is 0.842 bits per heavy atom. The van der Waals surface area contributed by atoms with E-state index in [0.29, 0.717) is 6.42 Å². The van der Waals surface area contributed by atoms with Crippen molar-refractivity contribution in [2.45, 2.75) is 96.7 Å². The summed E-state index contributed by atoms with van der Waals surface area (Å²) in [6.07, 6.45) is 10.6. The van der Waals surface area contributed by atoms with Crippen LogP contribution in [0.25, 0.3) is 0 Å². The number of aliphatic hydroxyl groups excluding tert-OH is 2. The first-order valence-electron chi connectivity index (χ1n) is 7.98. The Hall–Kier alpha value is -0.410. The third-order valence-corrected chi connectivity index (χ3v) is 3.56. The lowest BCUT2D eigenvalue weighted by atomic mass is 10.0. The quantitative estimate of drug-likeness (QED) is 0.504. The van der Waals surface area contributed by atoms with Crippen LogP contribution >= 0.6 is 0 Å². The summed E-state index contributed by atoms with van der Waals surface area (Å²) >= 11 is 0. The van der Waals surface area contributed by atoms with Gasteiger partial charge in [0.2, 0.25) is 0 Å². The molecule has 0 aromatic rings. The van der Waals surface area contributed by atoms with E-state index in [1.165, 1.54) is 58.3 Å². The fourth-order valence-electron chi connectivity index (χ4n) is 2.20. The van der Waals surface area contributed by atoms with Crippen LogP contribution in [0, 0.1) is 0 Å². The van der Waals surface area contributed by atoms with Gasteiger partial charge in [0.05, 0.1) is 6.10 Å². The van der Waals surface area contributed by atoms with Gasteiger partial charge in [-0.1, -0.05) is 64.7 Å². The zero-order chi connectivity index (χ0) is 14.5. The van der Waals surface area contributed by atoms with E-state index in [0.717, 1.165) is 12.8 Å². The van der Waals surface area contributed by atoms with Crippen LogP contribution in [0.3, 0.4) is 0 Å². The van der Waals surface area contributed by atoms with Gasteiger partial charge >= 0.3 is 0 Å². The zero-order valence-corrected chi connectivity index (χ0v) is 12.7. The Morgan fingerprint density at radius 3 is 1.68 bits per heavy atom. The lowest BCUT2D eigenvalue weighted by Crippen LogP contribution is -2.31. The molecule has 0 saturated carbocycles. The first-order chi connectivity index (χ1) is 9.09. The summed E-state index contributed by atoms with van der Waals surface area (Å²) in [5.74, 6) is -0.227. The molecule has 3 heteroatoms. The molecular weight excluding hydrogens is 240 g/mol. The molecule has 0 aromatic heterocycles. The summed E-state index contributed by atoms with van der Waals surface area (Å²) in [5.41, 5.74) is 0. The SMILES string of the molecule is CCCCCCCCCCCCC(=O)C(O)C(C)O. The second-order valence-corrected chi connectivity index (χ2v) is 5.58. The molecule has 0 amide bonds. The van der Waals surface area contributed by atoms with Gasteiger partial charge in [-0.05, 0) is 13.3 Å². The highest BCUT2D eigenvalue weighted by atomic mass is 16.3. The Labute approximate surface area is 118 Å². The highest BCUT2D eigenvalue weighted by Gasteiger charge is 2.19. The van der Waals surface area contributed by atoms with E-state index >= 15 is 0 Å². The molecule has 0 aliphatic carbocycles. The number of aliphatic hydroxyl groups is 2. The van der Waals surface area contributed by atoms with Gasteiger partial charge < -0.3 is 10.2 Å². The van der Waals surface area contributed by atoms with Gasteiger partial charge in [-0.2, -0.15) is 0 Å². The van der Waals surface area contributed by atoms with E-state index in [-0.39, 0.29) is 5.78 Å². The summed E-state index contributed by atoms with van der Waals surface area (Å²) in [7, 11) is 0. The molecule has 2 N–H and O–H groups in total. The van der Waals surface area contributed by atoms with Crippen molar-refractivity contribution in [2.24, 2.45) is 0 Å². The van der Waals surface area contributed by atoms with Crippen LogP contribution < -0.4 is 0 Å². The maximum absolute atomic E-state index is 11.4. The minimum atomic E-state index is -1.20. The predicted octanol–water partition coefficient (Wildman–Crippen LogP) is 3.61. The molecule has 0 radical (unpaired) electrons. The fraction of sp³-hybridized carbons (Fsp3) is 0.938. The zero-order valence-electron chi connectivity index (χ0n) is 12.7. The third kappa shape index (κ3) is 11.1. The molecule has 0 saturated heterocycles. The van der Waals surface area contributed by atoms with Gasteiger partial charge in [0, 0.05) is 6.42 Å². The van der Waals surface area contributed by atoms with Crippen molar-refractivity contribution in [3.8, 4) is 0 Å². The minimum Gasteiger partial charge on any atom is -0.390 e. The van der Waals surface area contributed by atoms with Crippen molar-refractivity contribution in [1.82, 2.24) is 0 Å². The van der Waals surface area contributed by atoms with Gasteiger partial charge in [0.15, 0.2) is 5.78 Å². The van der Waals surface area contributed by atoms with Crippen molar-refractivity contribution in [3.05, 3.63) is 0 Å². The molecule has 19 heavy (non-hydrogen) atoms. The number of hydrogen-bond acceptors (Lipinski definition) is 3. The number of Topliss-reactive ketones (excluding diaryl/α,β-unsaturated/α-hetero) is 1. The number of unbranched alkanes of at least 4 members (excludes halogenated alkanes) is 9. The molecule has 3 nitrogen and oxygen atoms in total. The normalized spacial score (nSPS) is 14.3. The second kappa shape index (κ2) is 12.6. The van der Waals surface area contributed by atoms with Gasteiger partial charge in [0.25, 0.3) is 0 Å². The molecule has 0 spiro atoms. The minimum absolute atomic E-state index is 0.227. The van der Waals surface area contributed by atoms with Crippen LogP contribution in [0.5, 0.6) is 0 Å². The van der Waals surface area contributed by atoms with Crippen LogP contribution in [-0.4, -0.2) is 28.2 Å². The maximum Gasteiger partial charge on any atom is 0.163 e. The second-order valence-electron chi connectivity index (χ2n) is 5.58. The van der Waals surface area contributed by atoms with Crippen molar-refractivity contribution < 1.29 is 15.0 Å². The molecule has 0 aromatic carbocycles. The summed E-state index contributed by atoms with van der Waals surface area (Å²) in [6, 6.07) is 0. The molecule has 0 aliphatic rings. The Morgan fingerprint density at radius 2 is 1.26 bits per heavy atom. The molecule has 2 unspecified atom stereocenters. The molecule has 0 bridgehead atoms. The maximum atomic E-state index is 11.4. The van der Waals surface area contributed by atoms with Crippen molar-refractivity contribution in [1.29, 1.82) is 0 Å². The van der Waals surface area contributed by atoms with E-state index in [1.807, 2.05) is 0 Å². The topological polar surface area (TPSA) is 57.5 Å². The molecule has 0 fully saturated rings. The van der Waals surface area contributed by atoms with E-state index in [1.54, 1.807) is 0 Å². The van der Waals surface area contributed by atoms with Crippen LogP contribution in [-0.2, 0) is 4.79 Å². The van der Waals surface area contributed by atoms with Crippen LogP contribution in [0.1, 0.15) is 84.5 Å². The first kappa shape index (κ1) is 18.6. The summed E-state index contributed by atoms with van der Waals surface area (Å²) in [6.45, 7) is 3.68. The first-order valence-corrected chi connectivity index (χ1v) is 7.98. The van der Waals surface area contributed by atoms with Gasteiger partial charge in [0.1, 0.15) is 6.10 Å². The number of carbonyl (C=O) groups is 1. The monoisotopic (exact) mass is 272 g/mol. The predicted molar refractivity (Wildman–Crippen MR) is 79.2 cm³/mol. The number of rotatable bonds is 13. The largest absolute Gasteiger partial charge is 0.390 e. The summed E-state index contributed by atoms with van der Waals surface area (Å²) in [5, 5.41) is 18.4. The van der Waals surface area contributed by atoms with Crippen molar-refractivity contribution >= 4 is 5.78 Å². The lowest BCUT2D eigenvalue weighted by Gasteiger charge is -2.11. The molecule has 0 rings (SSSR count). The average Bonchev–Trinajstić information content (AvgIpc) is 2.39. The number of ketones is 1. The standard InChI is InChI=1S/C16H32O3/c1-3-4-5-6-7-8-9-10-11-12-13-15(18)16(19)14(2)17/h14,16-17,19H,3-13H2,1-2H3. The Balaban J connectivity index is 3.25. The smallest absolute Gasteiger partial charge is 0.163 e. The van der Waals surface area contributed by atoms with E-state index in [2.05, 4.69) is 6.92 Å². The molecule has 0 aliphatic heterocycles.